The molecule has 0 saturated carbocycles. The number of nitrogens with zero attached hydrogens (tertiary/aromatic N) is 2. The van der Waals surface area contributed by atoms with E-state index in [1.807, 2.05) is 12.1 Å². The van der Waals surface area contributed by atoms with E-state index in [9.17, 15) is 14.4 Å². The van der Waals surface area contributed by atoms with E-state index in [1.165, 1.54) is 7.11 Å². The Morgan fingerprint density at radius 1 is 0.973 bits per heavy atom. The molecule has 2 aromatic rings. The van der Waals surface area contributed by atoms with E-state index in [2.05, 4.69) is 0 Å². The number of thioether (sulfide) groups is 1. The molecule has 196 valence electrons. The third-order valence-electron chi connectivity index (χ3n) is 5.72. The molecule has 0 atom stereocenters. The molecule has 3 amide bonds. The smallest absolute Gasteiger partial charge is 0.293 e. The number of imide groups is 1. The van der Waals surface area contributed by atoms with Crippen LogP contribution in [0.2, 0.25) is 0 Å². The summed E-state index contributed by atoms with van der Waals surface area (Å²) >= 11 is 0.864. The van der Waals surface area contributed by atoms with Crippen LogP contribution >= 0.6 is 11.8 Å². The molecular formula is C26H28N2O8S. The zero-order chi connectivity index (χ0) is 26.2. The van der Waals surface area contributed by atoms with Crippen LogP contribution in [0.25, 0.3) is 6.08 Å². The van der Waals surface area contributed by atoms with Gasteiger partial charge in [0.25, 0.3) is 17.1 Å². The molecule has 0 radical (unpaired) electrons. The predicted octanol–water partition coefficient (Wildman–Crippen LogP) is 3.06. The second-order valence-corrected chi connectivity index (χ2v) is 9.02. The van der Waals surface area contributed by atoms with Crippen LogP contribution < -0.4 is 18.9 Å². The summed E-state index contributed by atoms with van der Waals surface area (Å²) in [6.07, 6.45) is 1.62. The van der Waals surface area contributed by atoms with E-state index in [0.717, 1.165) is 16.7 Å². The number of para-hydroxylation sites is 2. The topological polar surface area (TPSA) is 104 Å². The maximum Gasteiger partial charge on any atom is 0.293 e. The summed E-state index contributed by atoms with van der Waals surface area (Å²) in [7, 11) is 3.04. The Hall–Kier alpha value is -3.70. The van der Waals surface area contributed by atoms with Crippen molar-refractivity contribution in [2.45, 2.75) is 0 Å². The van der Waals surface area contributed by atoms with Gasteiger partial charge in [-0.2, -0.15) is 0 Å². The number of benzene rings is 2. The second-order valence-electron chi connectivity index (χ2n) is 8.02. The Bertz CT molecular complexity index is 1180. The molecule has 0 aliphatic carbocycles. The third kappa shape index (κ3) is 6.55. The molecule has 0 spiro atoms. The summed E-state index contributed by atoms with van der Waals surface area (Å²) in [5.41, 5.74) is 0.652. The number of hydrogen-bond acceptors (Lipinski definition) is 9. The van der Waals surface area contributed by atoms with Gasteiger partial charge in [-0.15, -0.1) is 0 Å². The highest BCUT2D eigenvalue weighted by Crippen LogP contribution is 2.35. The van der Waals surface area contributed by atoms with Crippen molar-refractivity contribution in [2.75, 3.05) is 60.3 Å². The van der Waals surface area contributed by atoms with Gasteiger partial charge in [0.2, 0.25) is 0 Å². The van der Waals surface area contributed by atoms with Crippen molar-refractivity contribution in [3.05, 3.63) is 52.9 Å². The van der Waals surface area contributed by atoms with Crippen molar-refractivity contribution in [3.8, 4) is 23.0 Å². The van der Waals surface area contributed by atoms with Crippen LogP contribution in [0.15, 0.2) is 47.4 Å². The maximum atomic E-state index is 12.9. The quantitative estimate of drug-likeness (QED) is 0.431. The van der Waals surface area contributed by atoms with Crippen LogP contribution in [0, 0.1) is 0 Å². The average Bonchev–Trinajstić information content (AvgIpc) is 3.20. The van der Waals surface area contributed by atoms with Gasteiger partial charge in [-0.1, -0.05) is 18.2 Å². The van der Waals surface area contributed by atoms with Gasteiger partial charge in [-0.3, -0.25) is 19.3 Å². The minimum atomic E-state index is -0.394. The number of ether oxygens (including phenoxy) is 5. The summed E-state index contributed by atoms with van der Waals surface area (Å²) in [6.45, 7) is 2.24. The van der Waals surface area contributed by atoms with Crippen LogP contribution in [-0.4, -0.2) is 87.1 Å². The van der Waals surface area contributed by atoms with Gasteiger partial charge in [0.05, 0.1) is 38.9 Å². The van der Waals surface area contributed by atoms with Crippen LogP contribution in [0.3, 0.4) is 0 Å². The van der Waals surface area contributed by atoms with Crippen molar-refractivity contribution in [3.63, 3.8) is 0 Å². The van der Waals surface area contributed by atoms with E-state index in [1.54, 1.807) is 48.4 Å². The first-order valence-corrected chi connectivity index (χ1v) is 12.5. The van der Waals surface area contributed by atoms with Crippen LogP contribution in [0.1, 0.15) is 5.56 Å². The average molecular weight is 529 g/mol. The number of carbonyl (C=O) groups is 3. The molecule has 11 heteroatoms. The van der Waals surface area contributed by atoms with Crippen LogP contribution in [0.5, 0.6) is 23.0 Å². The molecule has 2 fully saturated rings. The largest absolute Gasteiger partial charge is 0.493 e. The summed E-state index contributed by atoms with van der Waals surface area (Å²) in [5, 5.41) is -0.367. The SMILES string of the molecule is COc1ccccc1OCCN1C(=O)S/C(=C\c2ccc(OCC(=O)N3CCOCC3)c(OC)c2)C1=O. The molecule has 0 aromatic heterocycles. The van der Waals surface area contributed by atoms with Crippen LogP contribution in [-0.2, 0) is 14.3 Å². The van der Waals surface area contributed by atoms with Crippen molar-refractivity contribution < 1.29 is 38.1 Å². The van der Waals surface area contributed by atoms with Gasteiger partial charge in [0, 0.05) is 13.1 Å². The number of morpholine rings is 1. The number of amides is 3. The van der Waals surface area contributed by atoms with Gasteiger partial charge in [-0.05, 0) is 47.7 Å². The number of hydrogen-bond donors (Lipinski definition) is 0. The van der Waals surface area contributed by atoms with E-state index >= 15 is 0 Å². The van der Waals surface area contributed by atoms with Gasteiger partial charge in [0.15, 0.2) is 29.6 Å². The Morgan fingerprint density at radius 2 is 1.68 bits per heavy atom. The monoisotopic (exact) mass is 528 g/mol. The van der Waals surface area contributed by atoms with Gasteiger partial charge in [-0.25, -0.2) is 0 Å². The zero-order valence-corrected chi connectivity index (χ0v) is 21.5. The molecule has 4 rings (SSSR count). The Balaban J connectivity index is 1.36. The minimum Gasteiger partial charge on any atom is -0.493 e. The lowest BCUT2D eigenvalue weighted by molar-refractivity contribution is -0.137. The lowest BCUT2D eigenvalue weighted by atomic mass is 10.2. The molecule has 2 heterocycles. The fourth-order valence-corrected chi connectivity index (χ4v) is 4.63. The fraction of sp³-hybridized carbons (Fsp3) is 0.346. The lowest BCUT2D eigenvalue weighted by Gasteiger charge is -2.26. The molecule has 0 unspecified atom stereocenters. The van der Waals surface area contributed by atoms with Crippen molar-refractivity contribution in [1.82, 2.24) is 9.80 Å². The maximum absolute atomic E-state index is 12.9. The van der Waals surface area contributed by atoms with E-state index < -0.39 is 5.91 Å². The highest BCUT2D eigenvalue weighted by atomic mass is 32.2. The highest BCUT2D eigenvalue weighted by molar-refractivity contribution is 8.18. The third-order valence-corrected chi connectivity index (χ3v) is 6.62. The Labute approximate surface area is 219 Å². The molecule has 37 heavy (non-hydrogen) atoms. The van der Waals surface area contributed by atoms with Gasteiger partial charge in [0.1, 0.15) is 6.61 Å². The Morgan fingerprint density at radius 3 is 2.41 bits per heavy atom. The van der Waals surface area contributed by atoms with Crippen molar-refractivity contribution in [1.29, 1.82) is 0 Å². The summed E-state index contributed by atoms with van der Waals surface area (Å²) in [5.74, 6) is 1.40. The van der Waals surface area contributed by atoms with E-state index in [4.69, 9.17) is 23.7 Å². The molecule has 0 N–H and O–H groups in total. The molecule has 2 aliphatic rings. The highest BCUT2D eigenvalue weighted by Gasteiger charge is 2.35. The summed E-state index contributed by atoms with van der Waals surface area (Å²) in [6, 6.07) is 12.3. The molecular weight excluding hydrogens is 500 g/mol. The molecule has 0 bridgehead atoms. The number of carbonyl (C=O) groups excluding carboxylic acids is 3. The fourth-order valence-electron chi connectivity index (χ4n) is 3.77. The van der Waals surface area contributed by atoms with E-state index in [-0.39, 0.29) is 30.9 Å². The van der Waals surface area contributed by atoms with E-state index in [0.29, 0.717) is 59.8 Å². The number of rotatable bonds is 10. The van der Waals surface area contributed by atoms with Crippen molar-refractivity contribution in [2.24, 2.45) is 0 Å². The lowest BCUT2D eigenvalue weighted by Crippen LogP contribution is -2.43. The Kier molecular flexibility index (Phi) is 8.91. The van der Waals surface area contributed by atoms with Crippen molar-refractivity contribution >= 4 is 34.9 Å². The number of methoxy groups -OCH3 is 2. The molecule has 10 nitrogen and oxygen atoms in total. The second kappa shape index (κ2) is 12.5. The minimum absolute atomic E-state index is 0.104. The first kappa shape index (κ1) is 26.4. The predicted molar refractivity (Wildman–Crippen MR) is 137 cm³/mol. The zero-order valence-electron chi connectivity index (χ0n) is 20.6. The molecule has 2 saturated heterocycles. The van der Waals surface area contributed by atoms with Gasteiger partial charge >= 0.3 is 0 Å². The first-order chi connectivity index (χ1) is 18.0. The summed E-state index contributed by atoms with van der Waals surface area (Å²) < 4.78 is 27.3. The normalized spacial score (nSPS) is 16.8. The summed E-state index contributed by atoms with van der Waals surface area (Å²) in [4.78, 5) is 40.8. The first-order valence-electron chi connectivity index (χ1n) is 11.7. The molecule has 2 aromatic carbocycles. The molecule has 2 aliphatic heterocycles. The standard InChI is InChI=1S/C26H28N2O8S/c1-32-19-5-3-4-6-20(19)35-14-11-28-25(30)23(37-26(28)31)16-18-7-8-21(22(15-18)33-2)36-17-24(29)27-9-12-34-13-10-27/h3-8,15-16H,9-14,17H2,1-2H3/b23-16-. The van der Waals surface area contributed by atoms with Gasteiger partial charge < -0.3 is 28.6 Å². The van der Waals surface area contributed by atoms with Crippen LogP contribution in [0.4, 0.5) is 4.79 Å².